The van der Waals surface area contributed by atoms with Crippen LogP contribution in [0.3, 0.4) is 0 Å². The standard InChI is InChI=1S/C29H37ClF2N4O9S4/c1-3-46(37,38)33-17-21-7-5-12-36(20-21)49(43,44)28-15-24(30)14-23(29(28)32)10-13-47(39,40)34-18-22-6-4-11-35(19-22)48(41,42)25-8-9-27(45-2)26(31)16-25/h3,8-10,13-16,21-22,33-34H,1,4-7,11-12,17-20H2,2H3/b13-10+. The van der Waals surface area contributed by atoms with Gasteiger partial charge in [-0.15, -0.1) is 0 Å². The van der Waals surface area contributed by atoms with Crippen molar-refractivity contribution in [3.8, 4) is 5.75 Å². The molecule has 2 unspecified atom stereocenters. The lowest BCUT2D eigenvalue weighted by Gasteiger charge is -2.32. The van der Waals surface area contributed by atoms with E-state index in [-0.39, 0.29) is 54.9 Å². The normalized spacial score (nSPS) is 20.4. The number of nitrogens with one attached hydrogen (secondary N) is 2. The Labute approximate surface area is 291 Å². The molecule has 2 aromatic carbocycles. The predicted molar refractivity (Wildman–Crippen MR) is 180 cm³/mol. The summed E-state index contributed by atoms with van der Waals surface area (Å²) in [6.07, 6.45) is 2.70. The molecular formula is C29H37ClF2N4O9S4. The van der Waals surface area contributed by atoms with E-state index in [1.165, 1.54) is 19.2 Å². The van der Waals surface area contributed by atoms with Gasteiger partial charge in [-0.25, -0.2) is 51.9 Å². The van der Waals surface area contributed by atoms with Crippen molar-refractivity contribution in [2.45, 2.75) is 35.5 Å². The van der Waals surface area contributed by atoms with Crippen LogP contribution in [0.1, 0.15) is 31.2 Å². The number of rotatable bonds is 14. The van der Waals surface area contributed by atoms with E-state index >= 15 is 4.39 Å². The maximum atomic E-state index is 15.6. The van der Waals surface area contributed by atoms with Gasteiger partial charge in [0.05, 0.1) is 12.0 Å². The molecule has 20 heteroatoms. The first-order valence-corrected chi connectivity index (χ1v) is 21.4. The van der Waals surface area contributed by atoms with E-state index in [9.17, 15) is 38.1 Å². The van der Waals surface area contributed by atoms with Gasteiger partial charge in [0.1, 0.15) is 4.90 Å². The summed E-state index contributed by atoms with van der Waals surface area (Å²) in [7, 11) is -15.2. The van der Waals surface area contributed by atoms with Crippen LogP contribution in [0.15, 0.2) is 57.5 Å². The van der Waals surface area contributed by atoms with Gasteiger partial charge in [0, 0.05) is 60.7 Å². The Kier molecular flexibility index (Phi) is 12.7. The average molecular weight is 787 g/mol. The molecule has 13 nitrogen and oxygen atoms in total. The van der Waals surface area contributed by atoms with Crippen LogP contribution in [0.5, 0.6) is 5.75 Å². The quantitative estimate of drug-likeness (QED) is 0.292. The van der Waals surface area contributed by atoms with Gasteiger partial charge in [-0.2, -0.15) is 8.61 Å². The van der Waals surface area contributed by atoms with Crippen molar-refractivity contribution in [1.82, 2.24) is 18.1 Å². The molecule has 272 valence electrons. The van der Waals surface area contributed by atoms with Gasteiger partial charge in [0.2, 0.25) is 40.1 Å². The molecule has 2 N–H and O–H groups in total. The highest BCUT2D eigenvalue weighted by atomic mass is 35.5. The number of hydrogen-bond acceptors (Lipinski definition) is 9. The van der Waals surface area contributed by atoms with E-state index in [0.29, 0.717) is 31.1 Å². The number of nitrogens with zero attached hydrogens (tertiary/aromatic N) is 2. The van der Waals surface area contributed by atoms with Crippen molar-refractivity contribution < 1.29 is 47.2 Å². The Morgan fingerprint density at radius 1 is 0.878 bits per heavy atom. The molecule has 2 atom stereocenters. The second-order valence-corrected chi connectivity index (χ2v) is 19.2. The van der Waals surface area contributed by atoms with Gasteiger partial charge in [-0.05, 0) is 73.9 Å². The van der Waals surface area contributed by atoms with E-state index < -0.39 is 74.0 Å². The fraction of sp³-hybridized carbons (Fsp3) is 0.448. The molecule has 0 aromatic heterocycles. The molecule has 4 rings (SSSR count). The van der Waals surface area contributed by atoms with Gasteiger partial charge < -0.3 is 4.74 Å². The van der Waals surface area contributed by atoms with Crippen LogP contribution in [-0.2, 0) is 40.1 Å². The zero-order valence-electron chi connectivity index (χ0n) is 26.4. The van der Waals surface area contributed by atoms with Gasteiger partial charge >= 0.3 is 0 Å². The summed E-state index contributed by atoms with van der Waals surface area (Å²) in [5.41, 5.74) is -0.412. The highest BCUT2D eigenvalue weighted by Gasteiger charge is 2.34. The fourth-order valence-corrected chi connectivity index (χ4v) is 10.6. The third kappa shape index (κ3) is 9.85. The summed E-state index contributed by atoms with van der Waals surface area (Å²) in [6.45, 7) is 3.09. The summed E-state index contributed by atoms with van der Waals surface area (Å²) in [6, 6.07) is 5.27. The number of sulfonamides is 4. The number of methoxy groups -OCH3 is 1. The summed E-state index contributed by atoms with van der Waals surface area (Å²) >= 11 is 6.13. The van der Waals surface area contributed by atoms with Gasteiger partial charge in [0.25, 0.3) is 0 Å². The smallest absolute Gasteiger partial charge is 0.246 e. The summed E-state index contributed by atoms with van der Waals surface area (Å²) < 4.78 is 144. The third-order valence-corrected chi connectivity index (χ3v) is 14.2. The Hall–Kier alpha value is -2.49. The maximum Gasteiger partial charge on any atom is 0.246 e. The maximum absolute atomic E-state index is 15.6. The van der Waals surface area contributed by atoms with Crippen molar-refractivity contribution in [2.75, 3.05) is 46.4 Å². The first kappa shape index (κ1) is 39.3. The Balaban J connectivity index is 1.43. The average Bonchev–Trinajstić information content (AvgIpc) is 3.07. The SMILES string of the molecule is C=CS(=O)(=O)NCC1CCCN(S(=O)(=O)c2cc(Cl)cc(/C=C/S(=O)(=O)NCC3CCCN(S(=O)(=O)c4ccc(OC)c(F)c4)C3)c2F)C1. The topological polar surface area (TPSA) is 176 Å². The molecule has 2 aromatic rings. The van der Waals surface area contributed by atoms with Crippen LogP contribution >= 0.6 is 11.6 Å². The highest BCUT2D eigenvalue weighted by Crippen LogP contribution is 2.31. The molecule has 2 aliphatic heterocycles. The van der Waals surface area contributed by atoms with Crippen LogP contribution in [0, 0.1) is 23.5 Å². The summed E-state index contributed by atoms with van der Waals surface area (Å²) in [4.78, 5) is -1.03. The fourth-order valence-electron chi connectivity index (χ4n) is 5.55. The Bertz CT molecular complexity index is 2030. The van der Waals surface area contributed by atoms with E-state index in [1.54, 1.807) is 0 Å². The largest absolute Gasteiger partial charge is 0.494 e. The number of benzene rings is 2. The Morgan fingerprint density at radius 2 is 1.45 bits per heavy atom. The molecule has 0 saturated carbocycles. The highest BCUT2D eigenvalue weighted by molar-refractivity contribution is 7.92. The van der Waals surface area contributed by atoms with Crippen LogP contribution in [0.25, 0.3) is 6.08 Å². The molecule has 0 spiro atoms. The van der Waals surface area contributed by atoms with E-state index in [1.807, 2.05) is 0 Å². The lowest BCUT2D eigenvalue weighted by Crippen LogP contribution is -2.43. The van der Waals surface area contributed by atoms with Crippen LogP contribution < -0.4 is 14.2 Å². The third-order valence-electron chi connectivity index (χ3n) is 8.17. The van der Waals surface area contributed by atoms with Crippen molar-refractivity contribution >= 4 is 57.8 Å². The van der Waals surface area contributed by atoms with Crippen molar-refractivity contribution in [3.63, 3.8) is 0 Å². The molecule has 0 aliphatic carbocycles. The lowest BCUT2D eigenvalue weighted by atomic mass is 10.0. The van der Waals surface area contributed by atoms with Crippen molar-refractivity contribution in [2.24, 2.45) is 11.8 Å². The zero-order chi connectivity index (χ0) is 36.2. The summed E-state index contributed by atoms with van der Waals surface area (Å²) in [5, 5.41) is 1.22. The molecule has 0 bridgehead atoms. The molecular weight excluding hydrogens is 750 g/mol. The minimum Gasteiger partial charge on any atom is -0.494 e. The molecule has 2 heterocycles. The molecule has 49 heavy (non-hydrogen) atoms. The summed E-state index contributed by atoms with van der Waals surface area (Å²) in [5.74, 6) is -3.01. The minimum atomic E-state index is -4.46. The van der Waals surface area contributed by atoms with Crippen LogP contribution in [0.2, 0.25) is 5.02 Å². The molecule has 0 amide bonds. The number of hydrogen-bond donors (Lipinski definition) is 2. The predicted octanol–water partition coefficient (Wildman–Crippen LogP) is 3.08. The number of piperidine rings is 2. The molecule has 2 fully saturated rings. The van der Waals surface area contributed by atoms with Gasteiger partial charge in [-0.3, -0.25) is 0 Å². The first-order valence-electron chi connectivity index (χ1n) is 15.0. The molecule has 2 aliphatic rings. The monoisotopic (exact) mass is 786 g/mol. The molecule has 2 saturated heterocycles. The van der Waals surface area contributed by atoms with Crippen molar-refractivity contribution in [1.29, 1.82) is 0 Å². The zero-order valence-corrected chi connectivity index (χ0v) is 30.4. The minimum absolute atomic E-state index is 0.0379. The van der Waals surface area contributed by atoms with E-state index in [4.69, 9.17) is 16.3 Å². The van der Waals surface area contributed by atoms with E-state index in [0.717, 1.165) is 38.3 Å². The second kappa shape index (κ2) is 15.8. The van der Waals surface area contributed by atoms with Gasteiger partial charge in [0.15, 0.2) is 17.4 Å². The number of ether oxygens (including phenoxy) is 1. The second-order valence-electron chi connectivity index (χ2n) is 11.6. The van der Waals surface area contributed by atoms with Crippen LogP contribution in [0.4, 0.5) is 8.78 Å². The lowest BCUT2D eigenvalue weighted by molar-refractivity contribution is 0.266. The Morgan fingerprint density at radius 3 is 2.00 bits per heavy atom. The van der Waals surface area contributed by atoms with E-state index in [2.05, 4.69) is 16.0 Å². The molecule has 0 radical (unpaired) electrons. The van der Waals surface area contributed by atoms with Crippen molar-refractivity contribution in [3.05, 3.63) is 69.9 Å². The first-order chi connectivity index (χ1) is 22.9. The van der Waals surface area contributed by atoms with Crippen LogP contribution in [-0.4, -0.2) is 88.7 Å². The van der Waals surface area contributed by atoms with Gasteiger partial charge in [-0.1, -0.05) is 18.2 Å². The number of halogens is 3.